The first kappa shape index (κ1) is 15.0. The SMILES string of the molecule is COc1ccc(Cl)cc1CNc1ccc(OCC#N)cc1. The van der Waals surface area contributed by atoms with Crippen LogP contribution in [0.2, 0.25) is 5.02 Å². The van der Waals surface area contributed by atoms with Crippen molar-refractivity contribution < 1.29 is 9.47 Å². The van der Waals surface area contributed by atoms with Crippen LogP contribution in [0.1, 0.15) is 5.56 Å². The molecule has 21 heavy (non-hydrogen) atoms. The number of hydrogen-bond donors (Lipinski definition) is 1. The first-order valence-electron chi connectivity index (χ1n) is 6.39. The largest absolute Gasteiger partial charge is 0.496 e. The van der Waals surface area contributed by atoms with Crippen LogP contribution >= 0.6 is 11.6 Å². The molecular weight excluding hydrogens is 288 g/mol. The minimum absolute atomic E-state index is 0.0481. The topological polar surface area (TPSA) is 54.3 Å². The molecule has 0 fully saturated rings. The first-order chi connectivity index (χ1) is 10.2. The number of methoxy groups -OCH3 is 1. The molecule has 2 aromatic rings. The van der Waals surface area contributed by atoms with Crippen LogP contribution in [0.4, 0.5) is 5.69 Å². The Balaban J connectivity index is 2.00. The van der Waals surface area contributed by atoms with E-state index in [1.54, 1.807) is 13.2 Å². The number of hydrogen-bond acceptors (Lipinski definition) is 4. The van der Waals surface area contributed by atoms with Gasteiger partial charge in [0.25, 0.3) is 0 Å². The lowest BCUT2D eigenvalue weighted by Crippen LogP contribution is -2.02. The van der Waals surface area contributed by atoms with E-state index in [9.17, 15) is 0 Å². The Morgan fingerprint density at radius 2 is 1.95 bits per heavy atom. The van der Waals surface area contributed by atoms with E-state index in [0.29, 0.717) is 17.3 Å². The molecule has 0 heterocycles. The summed E-state index contributed by atoms with van der Waals surface area (Å²) in [5, 5.41) is 12.4. The third kappa shape index (κ3) is 4.30. The molecule has 0 aliphatic rings. The fourth-order valence-electron chi connectivity index (χ4n) is 1.87. The summed E-state index contributed by atoms with van der Waals surface area (Å²) in [6.45, 7) is 0.647. The summed E-state index contributed by atoms with van der Waals surface area (Å²) in [6.07, 6.45) is 0. The highest BCUT2D eigenvalue weighted by atomic mass is 35.5. The minimum atomic E-state index is 0.0481. The molecule has 5 heteroatoms. The average Bonchev–Trinajstić information content (AvgIpc) is 2.52. The number of nitrogens with one attached hydrogen (secondary N) is 1. The van der Waals surface area contributed by atoms with Crippen LogP contribution in [-0.2, 0) is 6.54 Å². The van der Waals surface area contributed by atoms with Gasteiger partial charge in [-0.05, 0) is 42.5 Å². The lowest BCUT2D eigenvalue weighted by molar-refractivity contribution is 0.368. The van der Waals surface area contributed by atoms with Gasteiger partial charge in [-0.3, -0.25) is 0 Å². The van der Waals surface area contributed by atoms with Crippen molar-refractivity contribution in [1.29, 1.82) is 5.26 Å². The molecule has 1 N–H and O–H groups in total. The second kappa shape index (κ2) is 7.41. The Morgan fingerprint density at radius 1 is 1.19 bits per heavy atom. The number of ether oxygens (including phenoxy) is 2. The third-order valence-corrected chi connectivity index (χ3v) is 3.12. The number of nitrogens with zero attached hydrogens (tertiary/aromatic N) is 1. The molecular formula is C16H15ClN2O2. The van der Waals surface area contributed by atoms with E-state index in [4.69, 9.17) is 26.3 Å². The van der Waals surface area contributed by atoms with Gasteiger partial charge >= 0.3 is 0 Å². The van der Waals surface area contributed by atoms with Crippen molar-refractivity contribution in [1.82, 2.24) is 0 Å². The van der Waals surface area contributed by atoms with Crippen LogP contribution in [0.25, 0.3) is 0 Å². The molecule has 0 saturated carbocycles. The number of anilines is 1. The zero-order valence-electron chi connectivity index (χ0n) is 11.6. The van der Waals surface area contributed by atoms with Crippen molar-refractivity contribution >= 4 is 17.3 Å². The highest BCUT2D eigenvalue weighted by Gasteiger charge is 2.04. The van der Waals surface area contributed by atoms with Gasteiger partial charge in [0.15, 0.2) is 6.61 Å². The molecule has 0 aliphatic carbocycles. The fourth-order valence-corrected chi connectivity index (χ4v) is 2.06. The van der Waals surface area contributed by atoms with E-state index in [1.807, 2.05) is 42.5 Å². The molecule has 0 spiro atoms. The average molecular weight is 303 g/mol. The van der Waals surface area contributed by atoms with Crippen LogP contribution in [0.5, 0.6) is 11.5 Å². The van der Waals surface area contributed by atoms with Crippen molar-refractivity contribution in [2.45, 2.75) is 6.54 Å². The lowest BCUT2D eigenvalue weighted by atomic mass is 10.2. The smallest absolute Gasteiger partial charge is 0.174 e. The van der Waals surface area contributed by atoms with E-state index >= 15 is 0 Å². The van der Waals surface area contributed by atoms with E-state index in [1.165, 1.54) is 0 Å². The Bertz CT molecular complexity index is 636. The van der Waals surface area contributed by atoms with Crippen molar-refractivity contribution in [2.24, 2.45) is 0 Å². The second-order valence-corrected chi connectivity index (χ2v) is 4.72. The van der Waals surface area contributed by atoms with Gasteiger partial charge in [-0.25, -0.2) is 0 Å². The van der Waals surface area contributed by atoms with Crippen LogP contribution < -0.4 is 14.8 Å². The summed E-state index contributed by atoms with van der Waals surface area (Å²) in [5.41, 5.74) is 1.93. The summed E-state index contributed by atoms with van der Waals surface area (Å²) in [7, 11) is 1.63. The summed E-state index contributed by atoms with van der Waals surface area (Å²) in [4.78, 5) is 0. The predicted octanol–water partition coefficient (Wildman–Crippen LogP) is 3.86. The molecule has 0 amide bonds. The van der Waals surface area contributed by atoms with Gasteiger partial charge in [-0.2, -0.15) is 5.26 Å². The van der Waals surface area contributed by atoms with Crippen LogP contribution in [0.15, 0.2) is 42.5 Å². The molecule has 4 nitrogen and oxygen atoms in total. The van der Waals surface area contributed by atoms with Gasteiger partial charge in [-0.1, -0.05) is 11.6 Å². The lowest BCUT2D eigenvalue weighted by Gasteiger charge is -2.11. The summed E-state index contributed by atoms with van der Waals surface area (Å²) in [5.74, 6) is 1.46. The zero-order valence-corrected chi connectivity index (χ0v) is 12.4. The van der Waals surface area contributed by atoms with Crippen molar-refractivity contribution in [3.63, 3.8) is 0 Å². The molecule has 0 atom stereocenters. The standard InChI is InChI=1S/C16H15ClN2O2/c1-20-16-7-2-13(17)10-12(16)11-19-14-3-5-15(6-4-14)21-9-8-18/h2-7,10,19H,9,11H2,1H3. The maximum Gasteiger partial charge on any atom is 0.174 e. The Labute approximate surface area is 128 Å². The maximum atomic E-state index is 8.45. The van der Waals surface area contributed by atoms with E-state index in [2.05, 4.69) is 5.32 Å². The maximum absolute atomic E-state index is 8.45. The normalized spacial score (nSPS) is 9.76. The van der Waals surface area contributed by atoms with Gasteiger partial charge < -0.3 is 14.8 Å². The predicted molar refractivity (Wildman–Crippen MR) is 82.9 cm³/mol. The molecule has 0 aliphatic heterocycles. The van der Waals surface area contributed by atoms with Crippen LogP contribution in [0, 0.1) is 11.3 Å². The highest BCUT2D eigenvalue weighted by Crippen LogP contribution is 2.24. The molecule has 0 bridgehead atoms. The number of rotatable bonds is 6. The molecule has 0 radical (unpaired) electrons. The zero-order chi connectivity index (χ0) is 15.1. The van der Waals surface area contributed by atoms with Crippen molar-refractivity contribution in [3.05, 3.63) is 53.1 Å². The fraction of sp³-hybridized carbons (Fsp3) is 0.188. The summed E-state index contributed by atoms with van der Waals surface area (Å²) in [6, 6.07) is 14.9. The van der Waals surface area contributed by atoms with Gasteiger partial charge in [-0.15, -0.1) is 0 Å². The number of benzene rings is 2. The van der Waals surface area contributed by atoms with Crippen molar-refractivity contribution in [2.75, 3.05) is 19.0 Å². The first-order valence-corrected chi connectivity index (χ1v) is 6.77. The van der Waals surface area contributed by atoms with Crippen LogP contribution in [-0.4, -0.2) is 13.7 Å². The molecule has 2 rings (SSSR count). The van der Waals surface area contributed by atoms with Gasteiger partial charge in [0.05, 0.1) is 7.11 Å². The Morgan fingerprint density at radius 3 is 2.62 bits per heavy atom. The molecule has 0 unspecified atom stereocenters. The van der Waals surface area contributed by atoms with Crippen LogP contribution in [0.3, 0.4) is 0 Å². The summed E-state index contributed by atoms with van der Waals surface area (Å²) >= 11 is 6.00. The Hall–Kier alpha value is -2.38. The quantitative estimate of drug-likeness (QED) is 0.880. The van der Waals surface area contributed by atoms with Gasteiger partial charge in [0.1, 0.15) is 17.6 Å². The van der Waals surface area contributed by atoms with Crippen molar-refractivity contribution in [3.8, 4) is 17.6 Å². The van der Waals surface area contributed by atoms with E-state index < -0.39 is 0 Å². The van der Waals surface area contributed by atoms with Gasteiger partial charge in [0, 0.05) is 22.8 Å². The Kier molecular flexibility index (Phi) is 5.30. The monoisotopic (exact) mass is 302 g/mol. The summed E-state index contributed by atoms with van der Waals surface area (Å²) < 4.78 is 10.5. The number of nitriles is 1. The van der Waals surface area contributed by atoms with E-state index in [0.717, 1.165) is 17.0 Å². The van der Waals surface area contributed by atoms with E-state index in [-0.39, 0.29) is 6.61 Å². The molecule has 2 aromatic carbocycles. The third-order valence-electron chi connectivity index (χ3n) is 2.88. The second-order valence-electron chi connectivity index (χ2n) is 4.28. The highest BCUT2D eigenvalue weighted by molar-refractivity contribution is 6.30. The minimum Gasteiger partial charge on any atom is -0.496 e. The number of halogens is 1. The molecule has 108 valence electrons. The molecule has 0 saturated heterocycles. The molecule has 0 aromatic heterocycles. The van der Waals surface area contributed by atoms with Gasteiger partial charge in [0.2, 0.25) is 0 Å².